The number of aryl methyl sites for hydroxylation is 2. The van der Waals surface area contributed by atoms with Crippen LogP contribution >= 0.6 is 0 Å². The van der Waals surface area contributed by atoms with Crippen LogP contribution in [-0.2, 0) is 6.42 Å². The van der Waals surface area contributed by atoms with E-state index >= 15 is 0 Å². The van der Waals surface area contributed by atoms with Gasteiger partial charge in [-0.25, -0.2) is 4.98 Å². The topological polar surface area (TPSA) is 79.1 Å². The molecule has 2 heterocycles. The Labute approximate surface area is 167 Å². The summed E-state index contributed by atoms with van der Waals surface area (Å²) in [5, 5.41) is 7.08. The fourth-order valence-corrected chi connectivity index (χ4v) is 3.72. The lowest BCUT2D eigenvalue weighted by atomic mass is 10.2. The predicted molar refractivity (Wildman–Crippen MR) is 116 cm³/mol. The second kappa shape index (κ2) is 8.35. The van der Waals surface area contributed by atoms with Crippen molar-refractivity contribution in [3.8, 4) is 0 Å². The maximum Gasteiger partial charge on any atom is 0.229 e. The van der Waals surface area contributed by atoms with Gasteiger partial charge < -0.3 is 21.3 Å². The summed E-state index contributed by atoms with van der Waals surface area (Å²) >= 11 is 0. The van der Waals surface area contributed by atoms with Crippen molar-refractivity contribution in [2.45, 2.75) is 52.0 Å². The van der Waals surface area contributed by atoms with Gasteiger partial charge in [0.25, 0.3) is 0 Å². The lowest BCUT2D eigenvalue weighted by molar-refractivity contribution is 0.530. The van der Waals surface area contributed by atoms with Crippen LogP contribution in [0.25, 0.3) is 0 Å². The molecule has 2 fully saturated rings. The van der Waals surface area contributed by atoms with Crippen molar-refractivity contribution in [1.82, 2.24) is 15.3 Å². The van der Waals surface area contributed by atoms with Gasteiger partial charge in [-0.3, -0.25) is 0 Å². The Kier molecular flexibility index (Phi) is 5.67. The standard InChI is InChI=1S/C22H32N6/c1-3-4-17-12-21(28-10-9-19(14-28)24-13-16-6-7-16)27-22(25-17)26-18-8-5-15(2)20(23)11-18/h5,8,11-12,16,19,24H,3-4,6-7,9-10,13-14,23H2,1-2H3,(H,25,26,27)/t19-/m0/s1. The SMILES string of the molecule is CCCc1cc(N2CC[C@H](NCC3CC3)C2)nc(Nc2ccc(C)c(N)c2)n1. The average Bonchev–Trinajstić information content (AvgIpc) is 3.39. The van der Waals surface area contributed by atoms with E-state index in [1.54, 1.807) is 0 Å². The number of nitrogen functional groups attached to an aromatic ring is 1. The first kappa shape index (κ1) is 19.0. The zero-order chi connectivity index (χ0) is 19.5. The van der Waals surface area contributed by atoms with Crippen LogP contribution in [0, 0.1) is 12.8 Å². The summed E-state index contributed by atoms with van der Waals surface area (Å²) in [6.07, 6.45) is 6.00. The highest BCUT2D eigenvalue weighted by molar-refractivity contribution is 5.63. The quantitative estimate of drug-likeness (QED) is 0.607. The van der Waals surface area contributed by atoms with Gasteiger partial charge in [0.05, 0.1) is 0 Å². The van der Waals surface area contributed by atoms with Crippen LogP contribution < -0.4 is 21.3 Å². The minimum atomic E-state index is 0.568. The van der Waals surface area contributed by atoms with Crippen LogP contribution in [0.2, 0.25) is 0 Å². The van der Waals surface area contributed by atoms with Crippen molar-refractivity contribution in [2.24, 2.45) is 5.92 Å². The molecule has 0 bridgehead atoms. The Morgan fingerprint density at radius 2 is 2.04 bits per heavy atom. The monoisotopic (exact) mass is 380 g/mol. The van der Waals surface area contributed by atoms with E-state index in [0.717, 1.165) is 60.3 Å². The van der Waals surface area contributed by atoms with Gasteiger partial charge in [0.1, 0.15) is 5.82 Å². The average molecular weight is 381 g/mol. The van der Waals surface area contributed by atoms with Crippen molar-refractivity contribution in [2.75, 3.05) is 35.6 Å². The highest BCUT2D eigenvalue weighted by Gasteiger charge is 2.27. The molecule has 1 atom stereocenters. The molecule has 1 aliphatic carbocycles. The number of rotatable bonds is 8. The van der Waals surface area contributed by atoms with E-state index in [2.05, 4.69) is 28.5 Å². The van der Waals surface area contributed by atoms with Crippen LogP contribution in [0.5, 0.6) is 0 Å². The van der Waals surface area contributed by atoms with Crippen molar-refractivity contribution in [3.05, 3.63) is 35.5 Å². The van der Waals surface area contributed by atoms with Gasteiger partial charge in [-0.05, 0) is 62.8 Å². The molecule has 2 aliphatic rings. The molecule has 0 radical (unpaired) electrons. The summed E-state index contributed by atoms with van der Waals surface area (Å²) in [4.78, 5) is 11.9. The summed E-state index contributed by atoms with van der Waals surface area (Å²) in [6, 6.07) is 8.71. The molecule has 1 saturated carbocycles. The number of aromatic nitrogens is 2. The summed E-state index contributed by atoms with van der Waals surface area (Å²) in [7, 11) is 0. The molecule has 6 heteroatoms. The molecule has 0 unspecified atom stereocenters. The lowest BCUT2D eigenvalue weighted by Crippen LogP contribution is -2.34. The first-order valence-corrected chi connectivity index (χ1v) is 10.6. The molecule has 4 N–H and O–H groups in total. The Bertz CT molecular complexity index is 817. The van der Waals surface area contributed by atoms with Crippen LogP contribution in [0.15, 0.2) is 24.3 Å². The van der Waals surface area contributed by atoms with Gasteiger partial charge in [-0.2, -0.15) is 4.98 Å². The molecular formula is C22H32N6. The molecule has 1 saturated heterocycles. The molecule has 6 nitrogen and oxygen atoms in total. The minimum Gasteiger partial charge on any atom is -0.398 e. The molecular weight excluding hydrogens is 348 g/mol. The molecule has 150 valence electrons. The molecule has 28 heavy (non-hydrogen) atoms. The number of hydrogen-bond donors (Lipinski definition) is 3. The van der Waals surface area contributed by atoms with Crippen LogP contribution in [-0.4, -0.2) is 35.6 Å². The number of anilines is 4. The van der Waals surface area contributed by atoms with E-state index in [9.17, 15) is 0 Å². The summed E-state index contributed by atoms with van der Waals surface area (Å²) in [5.74, 6) is 2.59. The smallest absolute Gasteiger partial charge is 0.229 e. The van der Waals surface area contributed by atoms with Gasteiger partial charge in [0.15, 0.2) is 0 Å². The summed E-state index contributed by atoms with van der Waals surface area (Å²) in [5.41, 5.74) is 9.92. The van der Waals surface area contributed by atoms with E-state index < -0.39 is 0 Å². The molecule has 1 aliphatic heterocycles. The van der Waals surface area contributed by atoms with E-state index in [4.69, 9.17) is 15.7 Å². The number of benzene rings is 1. The maximum absolute atomic E-state index is 6.05. The van der Waals surface area contributed by atoms with Crippen LogP contribution in [0.4, 0.5) is 23.1 Å². The van der Waals surface area contributed by atoms with E-state index in [0.29, 0.717) is 12.0 Å². The highest BCUT2D eigenvalue weighted by Crippen LogP contribution is 2.29. The van der Waals surface area contributed by atoms with E-state index in [1.165, 1.54) is 25.8 Å². The normalized spacial score (nSPS) is 19.2. The van der Waals surface area contributed by atoms with Crippen LogP contribution in [0.1, 0.15) is 43.9 Å². The van der Waals surface area contributed by atoms with Crippen molar-refractivity contribution >= 4 is 23.1 Å². The predicted octanol–water partition coefficient (Wildman–Crippen LogP) is 3.64. The zero-order valence-electron chi connectivity index (χ0n) is 17.0. The molecule has 1 aromatic carbocycles. The molecule has 0 amide bonds. The third kappa shape index (κ3) is 4.73. The summed E-state index contributed by atoms with van der Waals surface area (Å²) < 4.78 is 0. The highest BCUT2D eigenvalue weighted by atomic mass is 15.3. The Balaban J connectivity index is 1.49. The van der Waals surface area contributed by atoms with Gasteiger partial charge in [0, 0.05) is 42.3 Å². The largest absolute Gasteiger partial charge is 0.398 e. The molecule has 1 aromatic heterocycles. The van der Waals surface area contributed by atoms with Crippen molar-refractivity contribution < 1.29 is 0 Å². The number of nitrogens with two attached hydrogens (primary N) is 1. The fraction of sp³-hybridized carbons (Fsp3) is 0.545. The fourth-order valence-electron chi connectivity index (χ4n) is 3.72. The van der Waals surface area contributed by atoms with Crippen molar-refractivity contribution in [3.63, 3.8) is 0 Å². The van der Waals surface area contributed by atoms with Gasteiger partial charge in [0.2, 0.25) is 5.95 Å². The third-order valence-corrected chi connectivity index (χ3v) is 5.71. The summed E-state index contributed by atoms with van der Waals surface area (Å²) in [6.45, 7) is 7.43. The van der Waals surface area contributed by atoms with Crippen molar-refractivity contribution in [1.29, 1.82) is 0 Å². The van der Waals surface area contributed by atoms with Gasteiger partial charge >= 0.3 is 0 Å². The molecule has 4 rings (SSSR count). The van der Waals surface area contributed by atoms with Gasteiger partial charge in [-0.1, -0.05) is 19.4 Å². The van der Waals surface area contributed by atoms with Gasteiger partial charge in [-0.15, -0.1) is 0 Å². The molecule has 2 aromatic rings. The Hall–Kier alpha value is -2.34. The maximum atomic E-state index is 6.05. The Morgan fingerprint density at radius 3 is 2.79 bits per heavy atom. The molecule has 0 spiro atoms. The van der Waals surface area contributed by atoms with E-state index in [1.807, 2.05) is 25.1 Å². The van der Waals surface area contributed by atoms with E-state index in [-0.39, 0.29) is 0 Å². The Morgan fingerprint density at radius 1 is 1.18 bits per heavy atom. The van der Waals surface area contributed by atoms with Crippen LogP contribution in [0.3, 0.4) is 0 Å². The second-order valence-electron chi connectivity index (χ2n) is 8.27. The minimum absolute atomic E-state index is 0.568. The first-order chi connectivity index (χ1) is 13.6. The first-order valence-electron chi connectivity index (χ1n) is 10.6. The number of nitrogens with one attached hydrogen (secondary N) is 2. The number of nitrogens with zero attached hydrogens (tertiary/aromatic N) is 3. The number of hydrogen-bond acceptors (Lipinski definition) is 6. The second-order valence-corrected chi connectivity index (χ2v) is 8.27. The zero-order valence-corrected chi connectivity index (χ0v) is 17.0. The lowest BCUT2D eigenvalue weighted by Gasteiger charge is -2.20. The third-order valence-electron chi connectivity index (χ3n) is 5.71.